The van der Waals surface area contributed by atoms with Crippen LogP contribution in [0.15, 0.2) is 47.4 Å². The molecule has 28 heavy (non-hydrogen) atoms. The van der Waals surface area contributed by atoms with Crippen molar-refractivity contribution in [1.29, 1.82) is 0 Å². The zero-order valence-electron chi connectivity index (χ0n) is 15.2. The average molecular weight is 402 g/mol. The zero-order valence-corrected chi connectivity index (χ0v) is 16.0. The number of esters is 1. The minimum Gasteiger partial charge on any atom is -0.475 e. The molecule has 9 heteroatoms. The topological polar surface area (TPSA) is 102 Å². The highest BCUT2D eigenvalue weighted by molar-refractivity contribution is 7.92. The van der Waals surface area contributed by atoms with Crippen molar-refractivity contribution in [1.82, 2.24) is 0 Å². The number of ether oxygens (including phenoxy) is 2. The Hall–Kier alpha value is -3.07. The van der Waals surface area contributed by atoms with E-state index < -0.39 is 28.0 Å². The van der Waals surface area contributed by atoms with Gasteiger partial charge in [-0.15, -0.1) is 0 Å². The predicted octanol–water partition coefficient (Wildman–Crippen LogP) is 1.87. The van der Waals surface area contributed by atoms with Crippen LogP contribution in [0.2, 0.25) is 0 Å². The van der Waals surface area contributed by atoms with E-state index in [0.717, 1.165) is 4.31 Å². The van der Waals surface area contributed by atoms with Crippen LogP contribution in [-0.2, 0) is 24.3 Å². The summed E-state index contributed by atoms with van der Waals surface area (Å²) in [6, 6.07) is 11.1. The van der Waals surface area contributed by atoms with E-state index in [-0.39, 0.29) is 23.1 Å². The number of fused-ring (bicyclic) bond motifs is 2. The Morgan fingerprint density at radius 3 is 2.75 bits per heavy atom. The third-order valence-electron chi connectivity index (χ3n) is 4.93. The molecule has 0 saturated carbocycles. The first-order valence-electron chi connectivity index (χ1n) is 8.64. The van der Waals surface area contributed by atoms with Crippen LogP contribution in [0.5, 0.6) is 5.75 Å². The molecule has 0 aliphatic carbocycles. The summed E-state index contributed by atoms with van der Waals surface area (Å²) in [4.78, 5) is 23.9. The smallest absolute Gasteiger partial charge is 0.348 e. The number of carbonyl (C=O) groups is 2. The average Bonchev–Trinajstić information content (AvgIpc) is 2.99. The standard InChI is InChI=1S/C19H18N2O6S/c1-11-13-9-12(7-8-14(13)20-18(11)22)28(24,25)21-10-17(19(23)26-2)27-16-6-4-3-5-15(16)21/h3-9,11,17H,10H2,1-2H3,(H,20,22)/t11-,17+/m0/s1. The van der Waals surface area contributed by atoms with Gasteiger partial charge in [-0.2, -0.15) is 0 Å². The van der Waals surface area contributed by atoms with Gasteiger partial charge in [-0.3, -0.25) is 9.10 Å². The van der Waals surface area contributed by atoms with Crippen LogP contribution in [-0.4, -0.2) is 40.1 Å². The normalized spacial score (nSPS) is 20.6. The summed E-state index contributed by atoms with van der Waals surface area (Å²) >= 11 is 0. The molecule has 1 N–H and O–H groups in total. The Labute approximate surface area is 162 Å². The van der Waals surface area contributed by atoms with Gasteiger partial charge in [-0.25, -0.2) is 13.2 Å². The first-order valence-corrected chi connectivity index (χ1v) is 10.1. The van der Waals surface area contributed by atoms with Crippen LogP contribution < -0.4 is 14.4 Å². The van der Waals surface area contributed by atoms with Gasteiger partial charge < -0.3 is 14.8 Å². The highest BCUT2D eigenvalue weighted by Crippen LogP contribution is 2.39. The fraction of sp³-hybridized carbons (Fsp3) is 0.263. The maximum absolute atomic E-state index is 13.4. The van der Waals surface area contributed by atoms with E-state index in [4.69, 9.17) is 9.47 Å². The van der Waals surface area contributed by atoms with Crippen molar-refractivity contribution >= 4 is 33.3 Å². The van der Waals surface area contributed by atoms with E-state index in [1.807, 2.05) is 0 Å². The number of amides is 1. The highest BCUT2D eigenvalue weighted by atomic mass is 32.2. The van der Waals surface area contributed by atoms with Crippen molar-refractivity contribution in [3.8, 4) is 5.75 Å². The van der Waals surface area contributed by atoms with E-state index in [9.17, 15) is 18.0 Å². The van der Waals surface area contributed by atoms with Crippen molar-refractivity contribution in [2.45, 2.75) is 23.8 Å². The molecule has 4 rings (SSSR count). The van der Waals surface area contributed by atoms with E-state index in [0.29, 0.717) is 16.9 Å². The second-order valence-electron chi connectivity index (χ2n) is 6.59. The van der Waals surface area contributed by atoms with E-state index >= 15 is 0 Å². The maximum Gasteiger partial charge on any atom is 0.348 e. The molecule has 0 radical (unpaired) electrons. The molecule has 0 spiro atoms. The molecule has 2 heterocycles. The number of methoxy groups -OCH3 is 1. The summed E-state index contributed by atoms with van der Waals surface area (Å²) < 4.78 is 38.3. The number of benzene rings is 2. The van der Waals surface area contributed by atoms with Gasteiger partial charge in [-0.05, 0) is 42.8 Å². The Kier molecular flexibility index (Phi) is 4.26. The third-order valence-corrected chi connectivity index (χ3v) is 6.70. The molecule has 2 aliphatic rings. The van der Waals surface area contributed by atoms with Crippen LogP contribution in [0.4, 0.5) is 11.4 Å². The number of hydrogen-bond donors (Lipinski definition) is 1. The third kappa shape index (κ3) is 2.78. The molecule has 2 aromatic rings. The highest BCUT2D eigenvalue weighted by Gasteiger charge is 2.38. The van der Waals surface area contributed by atoms with Crippen LogP contribution in [0.1, 0.15) is 18.4 Å². The molecule has 146 valence electrons. The van der Waals surface area contributed by atoms with Gasteiger partial charge in [0.25, 0.3) is 10.0 Å². The van der Waals surface area contributed by atoms with Gasteiger partial charge in [0.05, 0.1) is 30.2 Å². The van der Waals surface area contributed by atoms with Gasteiger partial charge in [-0.1, -0.05) is 12.1 Å². The van der Waals surface area contributed by atoms with Gasteiger partial charge in [0.2, 0.25) is 12.0 Å². The van der Waals surface area contributed by atoms with Crippen molar-refractivity contribution in [3.63, 3.8) is 0 Å². The lowest BCUT2D eigenvalue weighted by Crippen LogP contribution is -2.47. The minimum absolute atomic E-state index is 0.0370. The molecular weight excluding hydrogens is 384 g/mol. The fourth-order valence-corrected chi connectivity index (χ4v) is 4.88. The lowest BCUT2D eigenvalue weighted by Gasteiger charge is -2.34. The fourth-order valence-electron chi connectivity index (χ4n) is 3.37. The quantitative estimate of drug-likeness (QED) is 0.787. The molecule has 0 unspecified atom stereocenters. The van der Waals surface area contributed by atoms with Gasteiger partial charge in [0.1, 0.15) is 5.75 Å². The van der Waals surface area contributed by atoms with E-state index in [1.54, 1.807) is 37.3 Å². The second-order valence-corrected chi connectivity index (χ2v) is 8.46. The summed E-state index contributed by atoms with van der Waals surface area (Å²) in [6.07, 6.45) is -1.08. The van der Waals surface area contributed by atoms with Crippen molar-refractivity contribution < 1.29 is 27.5 Å². The summed E-state index contributed by atoms with van der Waals surface area (Å²) in [6.45, 7) is 1.50. The number of sulfonamides is 1. The summed E-state index contributed by atoms with van der Waals surface area (Å²) in [5.41, 5.74) is 1.56. The van der Waals surface area contributed by atoms with E-state index in [1.165, 1.54) is 19.2 Å². The molecule has 0 fully saturated rings. The monoisotopic (exact) mass is 402 g/mol. The lowest BCUT2D eigenvalue weighted by molar-refractivity contribution is -0.148. The summed E-state index contributed by atoms with van der Waals surface area (Å²) in [7, 11) is -2.79. The molecule has 1 amide bonds. The molecule has 0 bridgehead atoms. The Morgan fingerprint density at radius 1 is 1.25 bits per heavy atom. The first kappa shape index (κ1) is 18.3. The molecule has 2 aliphatic heterocycles. The molecule has 2 aromatic carbocycles. The van der Waals surface area contributed by atoms with Gasteiger partial charge in [0.15, 0.2) is 0 Å². The second kappa shape index (κ2) is 6.52. The van der Waals surface area contributed by atoms with Crippen LogP contribution >= 0.6 is 0 Å². The van der Waals surface area contributed by atoms with E-state index in [2.05, 4.69) is 5.32 Å². The summed E-state index contributed by atoms with van der Waals surface area (Å²) in [5, 5.41) is 2.72. The van der Waals surface area contributed by atoms with Crippen molar-refractivity contribution in [2.24, 2.45) is 0 Å². The number of anilines is 2. The number of carbonyl (C=O) groups excluding carboxylic acids is 2. The number of nitrogens with one attached hydrogen (secondary N) is 1. The van der Waals surface area contributed by atoms with Gasteiger partial charge in [0, 0.05) is 5.69 Å². The Balaban J connectivity index is 1.79. The largest absolute Gasteiger partial charge is 0.475 e. The molecule has 2 atom stereocenters. The zero-order chi connectivity index (χ0) is 20.1. The minimum atomic E-state index is -4.01. The SMILES string of the molecule is COC(=O)[C@H]1CN(S(=O)(=O)c2ccc3c(c2)[C@H](C)C(=O)N3)c2ccccc2O1. The Bertz CT molecular complexity index is 1080. The predicted molar refractivity (Wildman–Crippen MR) is 101 cm³/mol. The van der Waals surface area contributed by atoms with Crippen LogP contribution in [0, 0.1) is 0 Å². The van der Waals surface area contributed by atoms with Crippen molar-refractivity contribution in [2.75, 3.05) is 23.3 Å². The van der Waals surface area contributed by atoms with Crippen molar-refractivity contribution in [3.05, 3.63) is 48.0 Å². The first-order chi connectivity index (χ1) is 13.3. The maximum atomic E-state index is 13.4. The Morgan fingerprint density at radius 2 is 2.00 bits per heavy atom. The molecule has 0 aromatic heterocycles. The summed E-state index contributed by atoms with van der Waals surface area (Å²) in [5.74, 6) is -0.997. The lowest BCUT2D eigenvalue weighted by atomic mass is 10.0. The number of rotatable bonds is 3. The van der Waals surface area contributed by atoms with Gasteiger partial charge >= 0.3 is 5.97 Å². The number of nitrogens with zero attached hydrogens (tertiary/aromatic N) is 1. The molecule has 8 nitrogen and oxygen atoms in total. The molecule has 0 saturated heterocycles. The van der Waals surface area contributed by atoms with Crippen LogP contribution in [0.3, 0.4) is 0 Å². The number of hydrogen-bond acceptors (Lipinski definition) is 6. The van der Waals surface area contributed by atoms with Crippen LogP contribution in [0.25, 0.3) is 0 Å². The molecular formula is C19H18N2O6S. The number of para-hydroxylation sites is 2.